The number of rotatable bonds is 4. The summed E-state index contributed by atoms with van der Waals surface area (Å²) < 4.78 is 5.97. The zero-order valence-electron chi connectivity index (χ0n) is 10.2. The highest BCUT2D eigenvalue weighted by atomic mass is 16.5. The molecule has 1 amide bonds. The molecule has 1 aromatic carbocycles. The number of benzene rings is 1. The van der Waals surface area contributed by atoms with Crippen molar-refractivity contribution in [2.24, 2.45) is 5.73 Å². The van der Waals surface area contributed by atoms with Gasteiger partial charge in [0.2, 0.25) is 5.91 Å². The van der Waals surface area contributed by atoms with Crippen LogP contribution in [0, 0.1) is 0 Å². The summed E-state index contributed by atoms with van der Waals surface area (Å²) in [7, 11) is 0. The molecule has 1 fully saturated rings. The highest BCUT2D eigenvalue weighted by Gasteiger charge is 2.21. The molecule has 17 heavy (non-hydrogen) atoms. The Morgan fingerprint density at radius 2 is 2.00 bits per heavy atom. The highest BCUT2D eigenvalue weighted by molar-refractivity contribution is 5.82. The predicted molar refractivity (Wildman–Crippen MR) is 66.9 cm³/mol. The maximum absolute atomic E-state index is 11.3. The van der Waals surface area contributed by atoms with Crippen LogP contribution < -0.4 is 10.5 Å². The van der Waals surface area contributed by atoms with Gasteiger partial charge in [0.25, 0.3) is 0 Å². The fraction of sp³-hybridized carbons (Fsp3) is 0.500. The molecule has 0 aliphatic heterocycles. The van der Waals surface area contributed by atoms with Crippen molar-refractivity contribution in [3.8, 4) is 5.75 Å². The lowest BCUT2D eigenvalue weighted by Gasteiger charge is -2.18. The average Bonchev–Trinajstić information content (AvgIpc) is 2.81. The summed E-state index contributed by atoms with van der Waals surface area (Å²) in [5.74, 6) is 0.200. The third-order valence-corrected chi connectivity index (χ3v) is 3.41. The van der Waals surface area contributed by atoms with Crippen LogP contribution in [0.25, 0.3) is 0 Å². The van der Waals surface area contributed by atoms with Crippen molar-refractivity contribution in [3.05, 3.63) is 29.8 Å². The molecule has 1 unspecified atom stereocenters. The van der Waals surface area contributed by atoms with E-state index >= 15 is 0 Å². The molecule has 2 rings (SSSR count). The van der Waals surface area contributed by atoms with Crippen molar-refractivity contribution in [2.45, 2.75) is 44.6 Å². The second-order valence-corrected chi connectivity index (χ2v) is 4.69. The Bertz CT molecular complexity index is 397. The van der Waals surface area contributed by atoms with E-state index in [2.05, 4.69) is 0 Å². The lowest BCUT2D eigenvalue weighted by atomic mass is 9.99. The maximum atomic E-state index is 11.3. The van der Waals surface area contributed by atoms with E-state index in [0.29, 0.717) is 6.10 Å². The minimum absolute atomic E-state index is 0.299. The largest absolute Gasteiger partial charge is 0.490 e. The molecule has 0 spiro atoms. The first-order chi connectivity index (χ1) is 8.18. The van der Waals surface area contributed by atoms with Crippen molar-refractivity contribution >= 4 is 5.91 Å². The molecule has 0 aromatic heterocycles. The molecule has 1 saturated carbocycles. The van der Waals surface area contributed by atoms with Crippen LogP contribution in [-0.4, -0.2) is 12.0 Å². The van der Waals surface area contributed by atoms with Crippen LogP contribution in [0.5, 0.6) is 5.75 Å². The monoisotopic (exact) mass is 233 g/mol. The molecule has 3 nitrogen and oxygen atoms in total. The van der Waals surface area contributed by atoms with Gasteiger partial charge in [-0.3, -0.25) is 4.79 Å². The van der Waals surface area contributed by atoms with E-state index in [4.69, 9.17) is 10.5 Å². The van der Waals surface area contributed by atoms with Gasteiger partial charge in [0.1, 0.15) is 5.75 Å². The van der Waals surface area contributed by atoms with E-state index in [-0.39, 0.29) is 11.8 Å². The van der Waals surface area contributed by atoms with Gasteiger partial charge in [0, 0.05) is 5.56 Å². The van der Waals surface area contributed by atoms with E-state index < -0.39 is 0 Å². The van der Waals surface area contributed by atoms with Gasteiger partial charge in [-0.2, -0.15) is 0 Å². The minimum atomic E-state index is -0.313. The standard InChI is InChI=1S/C14H19NO2/c1-10(14(15)16)12-8-4-5-9-13(12)17-11-6-2-3-7-11/h4-5,8-11H,2-3,6-7H2,1H3,(H2,15,16). The smallest absolute Gasteiger partial charge is 0.224 e. The van der Waals surface area contributed by atoms with E-state index in [1.165, 1.54) is 12.8 Å². The molecule has 1 aromatic rings. The number of amides is 1. The van der Waals surface area contributed by atoms with Gasteiger partial charge in [0.15, 0.2) is 0 Å². The maximum Gasteiger partial charge on any atom is 0.224 e. The van der Waals surface area contributed by atoms with Gasteiger partial charge in [-0.1, -0.05) is 18.2 Å². The second-order valence-electron chi connectivity index (χ2n) is 4.69. The number of nitrogens with two attached hydrogens (primary N) is 1. The van der Waals surface area contributed by atoms with Crippen LogP contribution in [0.4, 0.5) is 0 Å². The number of primary amides is 1. The Morgan fingerprint density at radius 1 is 1.35 bits per heavy atom. The van der Waals surface area contributed by atoms with Crippen molar-refractivity contribution < 1.29 is 9.53 Å². The summed E-state index contributed by atoms with van der Waals surface area (Å²) >= 11 is 0. The molecule has 92 valence electrons. The molecule has 1 aliphatic rings. The molecule has 0 radical (unpaired) electrons. The Hall–Kier alpha value is -1.51. The lowest BCUT2D eigenvalue weighted by Crippen LogP contribution is -2.20. The first-order valence-corrected chi connectivity index (χ1v) is 6.23. The van der Waals surface area contributed by atoms with E-state index in [1.807, 2.05) is 31.2 Å². The zero-order chi connectivity index (χ0) is 12.3. The fourth-order valence-corrected chi connectivity index (χ4v) is 2.28. The summed E-state index contributed by atoms with van der Waals surface area (Å²) in [6.45, 7) is 1.82. The molecule has 1 atom stereocenters. The Kier molecular flexibility index (Phi) is 3.67. The lowest BCUT2D eigenvalue weighted by molar-refractivity contribution is -0.119. The number of carbonyl (C=O) groups excluding carboxylic acids is 1. The summed E-state index contributed by atoms with van der Waals surface area (Å²) in [4.78, 5) is 11.3. The average molecular weight is 233 g/mol. The SMILES string of the molecule is CC(C(N)=O)c1ccccc1OC1CCCC1. The first kappa shape index (κ1) is 12.0. The van der Waals surface area contributed by atoms with Gasteiger partial charge in [-0.05, 0) is 38.7 Å². The number of hydrogen-bond donors (Lipinski definition) is 1. The van der Waals surface area contributed by atoms with E-state index in [9.17, 15) is 4.79 Å². The van der Waals surface area contributed by atoms with Gasteiger partial charge in [-0.25, -0.2) is 0 Å². The van der Waals surface area contributed by atoms with E-state index in [0.717, 1.165) is 24.2 Å². The third kappa shape index (κ3) is 2.78. The Balaban J connectivity index is 2.17. The quantitative estimate of drug-likeness (QED) is 0.869. The van der Waals surface area contributed by atoms with Crippen LogP contribution in [0.2, 0.25) is 0 Å². The van der Waals surface area contributed by atoms with Gasteiger partial charge in [0.05, 0.1) is 12.0 Å². The predicted octanol–water partition coefficient (Wildman–Crippen LogP) is 2.60. The summed E-state index contributed by atoms with van der Waals surface area (Å²) in [6, 6.07) is 7.69. The topological polar surface area (TPSA) is 52.3 Å². The molecule has 0 saturated heterocycles. The number of ether oxygens (including phenoxy) is 1. The van der Waals surface area contributed by atoms with Crippen LogP contribution in [-0.2, 0) is 4.79 Å². The van der Waals surface area contributed by atoms with Crippen LogP contribution in [0.15, 0.2) is 24.3 Å². The molecule has 1 aliphatic carbocycles. The third-order valence-electron chi connectivity index (χ3n) is 3.41. The second kappa shape index (κ2) is 5.21. The van der Waals surface area contributed by atoms with Gasteiger partial charge in [-0.15, -0.1) is 0 Å². The Morgan fingerprint density at radius 3 is 2.65 bits per heavy atom. The summed E-state index contributed by atoms with van der Waals surface area (Å²) in [5, 5.41) is 0. The molecule has 0 bridgehead atoms. The highest BCUT2D eigenvalue weighted by Crippen LogP contribution is 2.30. The van der Waals surface area contributed by atoms with Crippen molar-refractivity contribution in [1.29, 1.82) is 0 Å². The van der Waals surface area contributed by atoms with E-state index in [1.54, 1.807) is 0 Å². The molecule has 3 heteroatoms. The number of carbonyl (C=O) groups is 1. The van der Waals surface area contributed by atoms with Gasteiger partial charge < -0.3 is 10.5 Å². The summed E-state index contributed by atoms with van der Waals surface area (Å²) in [6.07, 6.45) is 4.99. The molecule has 0 heterocycles. The minimum Gasteiger partial charge on any atom is -0.490 e. The normalized spacial score (nSPS) is 17.9. The van der Waals surface area contributed by atoms with Crippen LogP contribution in [0.3, 0.4) is 0 Å². The fourth-order valence-electron chi connectivity index (χ4n) is 2.28. The zero-order valence-corrected chi connectivity index (χ0v) is 10.2. The van der Waals surface area contributed by atoms with Crippen molar-refractivity contribution in [1.82, 2.24) is 0 Å². The number of para-hydroxylation sites is 1. The molecule has 2 N–H and O–H groups in total. The van der Waals surface area contributed by atoms with Crippen LogP contribution >= 0.6 is 0 Å². The number of hydrogen-bond acceptors (Lipinski definition) is 2. The molecular formula is C14H19NO2. The first-order valence-electron chi connectivity index (χ1n) is 6.23. The van der Waals surface area contributed by atoms with Gasteiger partial charge >= 0.3 is 0 Å². The van der Waals surface area contributed by atoms with Crippen molar-refractivity contribution in [3.63, 3.8) is 0 Å². The van der Waals surface area contributed by atoms with Crippen molar-refractivity contribution in [2.75, 3.05) is 0 Å². The molecular weight excluding hydrogens is 214 g/mol. The summed E-state index contributed by atoms with van der Waals surface area (Å²) in [5.41, 5.74) is 6.25. The van der Waals surface area contributed by atoms with Crippen LogP contribution in [0.1, 0.15) is 44.1 Å². The Labute approximate surface area is 102 Å².